The van der Waals surface area contributed by atoms with Crippen LogP contribution in [0.15, 0.2) is 42.5 Å². The first kappa shape index (κ1) is 27.5. The van der Waals surface area contributed by atoms with E-state index >= 15 is 0 Å². The monoisotopic (exact) mass is 536 g/mol. The molecule has 1 aliphatic rings. The highest BCUT2D eigenvalue weighted by atomic mass is 16.5. The van der Waals surface area contributed by atoms with Crippen molar-refractivity contribution in [3.63, 3.8) is 0 Å². The summed E-state index contributed by atoms with van der Waals surface area (Å²) in [5.74, 6) is 2.93. The van der Waals surface area contributed by atoms with Crippen LogP contribution in [0.2, 0.25) is 0 Å². The number of benzene rings is 2. The Labute approximate surface area is 227 Å². The molecule has 1 aromatic heterocycles. The molecule has 206 valence electrons. The standard InChI is InChI=1S/C28H32N4O7/c1-18(33)19-6-8-22(23(14-19)35-2)39-17-27(34)32-12-10-31(11-13-32)26-9-7-21(29-30-26)20-15-24(36-3)28(38-5)25(16-20)37-4/h6-9,14-16H,10-13,17H2,1-5H3. The first-order valence-electron chi connectivity index (χ1n) is 12.4. The number of rotatable bonds is 10. The zero-order chi connectivity index (χ0) is 27.9. The first-order chi connectivity index (χ1) is 18.9. The number of Topliss-reactive ketones (excluding diaryl/α,β-unsaturated/α-hetero) is 1. The number of aromatic nitrogens is 2. The van der Waals surface area contributed by atoms with Crippen LogP contribution in [0.5, 0.6) is 28.7 Å². The van der Waals surface area contributed by atoms with Gasteiger partial charge in [0.2, 0.25) is 5.75 Å². The van der Waals surface area contributed by atoms with Crippen molar-refractivity contribution in [2.24, 2.45) is 0 Å². The highest BCUT2D eigenvalue weighted by Crippen LogP contribution is 2.40. The highest BCUT2D eigenvalue weighted by Gasteiger charge is 2.23. The van der Waals surface area contributed by atoms with Gasteiger partial charge >= 0.3 is 0 Å². The van der Waals surface area contributed by atoms with Crippen molar-refractivity contribution in [3.8, 4) is 40.0 Å². The summed E-state index contributed by atoms with van der Waals surface area (Å²) in [6.07, 6.45) is 0. The van der Waals surface area contributed by atoms with Crippen LogP contribution in [0.25, 0.3) is 11.3 Å². The minimum absolute atomic E-state index is 0.0747. The summed E-state index contributed by atoms with van der Waals surface area (Å²) in [7, 11) is 6.18. The number of ether oxygens (including phenoxy) is 5. The van der Waals surface area contributed by atoms with Gasteiger partial charge in [-0.1, -0.05) is 0 Å². The number of hydrogen-bond acceptors (Lipinski definition) is 10. The quantitative estimate of drug-likeness (QED) is 0.358. The summed E-state index contributed by atoms with van der Waals surface area (Å²) in [5.41, 5.74) is 1.96. The molecule has 0 bridgehead atoms. The van der Waals surface area contributed by atoms with E-state index in [1.165, 1.54) is 14.0 Å². The number of methoxy groups -OCH3 is 4. The normalized spacial score (nSPS) is 13.1. The molecule has 3 aromatic rings. The van der Waals surface area contributed by atoms with Crippen LogP contribution in [0, 0.1) is 0 Å². The summed E-state index contributed by atoms with van der Waals surface area (Å²) in [5, 5.41) is 8.82. The van der Waals surface area contributed by atoms with E-state index in [4.69, 9.17) is 23.7 Å². The van der Waals surface area contributed by atoms with E-state index in [0.717, 1.165) is 11.4 Å². The highest BCUT2D eigenvalue weighted by molar-refractivity contribution is 5.94. The molecule has 0 unspecified atom stereocenters. The number of ketones is 1. The second kappa shape index (κ2) is 12.3. The third-order valence-electron chi connectivity index (χ3n) is 6.49. The van der Waals surface area contributed by atoms with E-state index in [9.17, 15) is 9.59 Å². The lowest BCUT2D eigenvalue weighted by Crippen LogP contribution is -2.50. The molecule has 0 saturated carbocycles. The van der Waals surface area contributed by atoms with Crippen molar-refractivity contribution < 1.29 is 33.3 Å². The Hall–Kier alpha value is -4.54. The van der Waals surface area contributed by atoms with Gasteiger partial charge in [-0.05, 0) is 49.4 Å². The number of nitrogens with zero attached hydrogens (tertiary/aromatic N) is 4. The molecule has 0 spiro atoms. The number of piperazine rings is 1. The fourth-order valence-electron chi connectivity index (χ4n) is 4.30. The smallest absolute Gasteiger partial charge is 0.260 e. The van der Waals surface area contributed by atoms with Crippen molar-refractivity contribution >= 4 is 17.5 Å². The molecular formula is C28H32N4O7. The lowest BCUT2D eigenvalue weighted by atomic mass is 10.1. The molecule has 1 amide bonds. The summed E-state index contributed by atoms with van der Waals surface area (Å²) in [6.45, 7) is 3.63. The third-order valence-corrected chi connectivity index (χ3v) is 6.49. The first-order valence-corrected chi connectivity index (χ1v) is 12.4. The number of hydrogen-bond donors (Lipinski definition) is 0. The average molecular weight is 537 g/mol. The molecule has 1 saturated heterocycles. The van der Waals surface area contributed by atoms with Crippen LogP contribution in [0.3, 0.4) is 0 Å². The Bertz CT molecular complexity index is 1300. The largest absolute Gasteiger partial charge is 0.493 e. The predicted molar refractivity (Wildman–Crippen MR) is 144 cm³/mol. The Morgan fingerprint density at radius 3 is 1.97 bits per heavy atom. The fraction of sp³-hybridized carbons (Fsp3) is 0.357. The van der Waals surface area contributed by atoms with Gasteiger partial charge in [0, 0.05) is 37.3 Å². The second-order valence-corrected chi connectivity index (χ2v) is 8.77. The molecule has 0 radical (unpaired) electrons. The molecule has 11 nitrogen and oxygen atoms in total. The number of anilines is 1. The predicted octanol–water partition coefficient (Wildman–Crippen LogP) is 3.11. The van der Waals surface area contributed by atoms with Gasteiger partial charge in [-0.25, -0.2) is 0 Å². The van der Waals surface area contributed by atoms with Crippen LogP contribution in [-0.2, 0) is 4.79 Å². The molecular weight excluding hydrogens is 504 g/mol. The molecule has 2 heterocycles. The Morgan fingerprint density at radius 2 is 1.44 bits per heavy atom. The van der Waals surface area contributed by atoms with Gasteiger partial charge < -0.3 is 33.5 Å². The van der Waals surface area contributed by atoms with Gasteiger partial charge in [-0.2, -0.15) is 0 Å². The number of amides is 1. The van der Waals surface area contributed by atoms with Crippen LogP contribution in [0.4, 0.5) is 5.82 Å². The van der Waals surface area contributed by atoms with Gasteiger partial charge in [0.15, 0.2) is 41.2 Å². The maximum absolute atomic E-state index is 12.8. The SMILES string of the molecule is COc1cc(C(C)=O)ccc1OCC(=O)N1CCN(c2ccc(-c3cc(OC)c(OC)c(OC)c3)nn2)CC1. The molecule has 2 aromatic carbocycles. The van der Waals surface area contributed by atoms with Crippen molar-refractivity contribution in [3.05, 3.63) is 48.0 Å². The van der Waals surface area contributed by atoms with Gasteiger partial charge in [0.25, 0.3) is 5.91 Å². The molecule has 11 heteroatoms. The minimum atomic E-state index is -0.129. The summed E-state index contributed by atoms with van der Waals surface area (Å²) >= 11 is 0. The fourth-order valence-corrected chi connectivity index (χ4v) is 4.30. The van der Waals surface area contributed by atoms with Crippen molar-refractivity contribution in [1.82, 2.24) is 15.1 Å². The molecule has 0 atom stereocenters. The van der Waals surface area contributed by atoms with E-state index in [-0.39, 0.29) is 18.3 Å². The van der Waals surface area contributed by atoms with Crippen LogP contribution in [-0.4, -0.2) is 88.0 Å². The Kier molecular flexibility index (Phi) is 8.70. The molecule has 39 heavy (non-hydrogen) atoms. The van der Waals surface area contributed by atoms with E-state index in [1.54, 1.807) is 44.4 Å². The lowest BCUT2D eigenvalue weighted by Gasteiger charge is -2.35. The molecule has 0 N–H and O–H groups in total. The van der Waals surface area contributed by atoms with E-state index < -0.39 is 0 Å². The van der Waals surface area contributed by atoms with Gasteiger partial charge in [-0.15, -0.1) is 10.2 Å². The topological polar surface area (TPSA) is 113 Å². The molecule has 4 rings (SSSR count). The zero-order valence-corrected chi connectivity index (χ0v) is 22.7. The number of carbonyl (C=O) groups is 2. The third kappa shape index (κ3) is 6.14. The van der Waals surface area contributed by atoms with Crippen molar-refractivity contribution in [2.45, 2.75) is 6.92 Å². The second-order valence-electron chi connectivity index (χ2n) is 8.77. The summed E-state index contributed by atoms with van der Waals surface area (Å²) in [4.78, 5) is 28.2. The minimum Gasteiger partial charge on any atom is -0.493 e. The maximum Gasteiger partial charge on any atom is 0.260 e. The van der Waals surface area contributed by atoms with Crippen molar-refractivity contribution in [1.29, 1.82) is 0 Å². The van der Waals surface area contributed by atoms with Crippen molar-refractivity contribution in [2.75, 3.05) is 66.1 Å². The Morgan fingerprint density at radius 1 is 0.769 bits per heavy atom. The summed E-state index contributed by atoms with van der Waals surface area (Å²) < 4.78 is 27.3. The van der Waals surface area contributed by atoms with Gasteiger partial charge in [0.05, 0.1) is 34.1 Å². The molecule has 1 fully saturated rings. The van der Waals surface area contributed by atoms with Gasteiger partial charge in [0.1, 0.15) is 0 Å². The van der Waals surface area contributed by atoms with Crippen LogP contribution in [0.1, 0.15) is 17.3 Å². The lowest BCUT2D eigenvalue weighted by molar-refractivity contribution is -0.133. The number of carbonyl (C=O) groups excluding carboxylic acids is 2. The van der Waals surface area contributed by atoms with E-state index in [2.05, 4.69) is 15.1 Å². The van der Waals surface area contributed by atoms with Crippen LogP contribution < -0.4 is 28.6 Å². The molecule has 0 aliphatic carbocycles. The van der Waals surface area contributed by atoms with E-state index in [0.29, 0.717) is 66.2 Å². The van der Waals surface area contributed by atoms with Crippen LogP contribution >= 0.6 is 0 Å². The molecule has 1 aliphatic heterocycles. The summed E-state index contributed by atoms with van der Waals surface area (Å²) in [6, 6.07) is 12.3. The van der Waals surface area contributed by atoms with Gasteiger partial charge in [-0.3, -0.25) is 9.59 Å². The average Bonchev–Trinajstić information content (AvgIpc) is 2.98. The maximum atomic E-state index is 12.8. The van der Waals surface area contributed by atoms with E-state index in [1.807, 2.05) is 24.3 Å². The Balaban J connectivity index is 1.35. The zero-order valence-electron chi connectivity index (χ0n) is 22.7.